The minimum Gasteiger partial charge on any atom is -0.393 e. The second-order valence-corrected chi connectivity index (χ2v) is 3.85. The molecule has 4 N–H and O–H groups in total. The molecule has 0 saturated heterocycles. The maximum absolute atomic E-state index is 8.56. The average Bonchev–Trinajstić information content (AvgIpc) is 2.19. The summed E-state index contributed by atoms with van der Waals surface area (Å²) in [7, 11) is 0. The number of hydrogen-bond donors (Lipinski definition) is 4. The van der Waals surface area contributed by atoms with Crippen LogP contribution in [0.1, 0.15) is 48.0 Å². The van der Waals surface area contributed by atoms with Crippen molar-refractivity contribution < 1.29 is 30.6 Å². The molecule has 0 saturated carbocycles. The monoisotopic (exact) mass is 356 g/mol. The summed E-state index contributed by atoms with van der Waals surface area (Å²) in [5, 5.41) is 23.3. The van der Waals surface area contributed by atoms with Crippen LogP contribution in [0.2, 0.25) is 0 Å². The van der Waals surface area contributed by atoms with Gasteiger partial charge in [0.05, 0.1) is 12.2 Å². The Morgan fingerprint density at radius 3 is 0.944 bits per heavy atom. The molecule has 0 heterocycles. The smallest absolute Gasteiger partial charge is 0.0536 e. The average molecular weight is 357 g/mol. The van der Waals surface area contributed by atoms with E-state index in [2.05, 4.69) is 38.3 Å². The van der Waals surface area contributed by atoms with Crippen molar-refractivity contribution >= 4 is 0 Å². The Bertz CT molecular complexity index is 99.2. The molecule has 5 heteroatoms. The summed E-state index contributed by atoms with van der Waals surface area (Å²) >= 11 is 0. The molecule has 0 radical (unpaired) electrons. The third kappa shape index (κ3) is 54.9. The van der Waals surface area contributed by atoms with Gasteiger partial charge in [-0.25, -0.2) is 0 Å². The number of nitrogens with one attached hydrogen (secondary N) is 2. The SMILES string of the molecule is CC(O)CC(C)O.CCNCC.CCNCC.[Pd]. The van der Waals surface area contributed by atoms with E-state index in [1.165, 1.54) is 0 Å². The largest absolute Gasteiger partial charge is 0.393 e. The second-order valence-electron chi connectivity index (χ2n) is 3.85. The van der Waals surface area contributed by atoms with Gasteiger partial charge < -0.3 is 20.8 Å². The Labute approximate surface area is 128 Å². The molecule has 0 aromatic rings. The van der Waals surface area contributed by atoms with E-state index in [1.807, 2.05) is 0 Å². The normalized spacial score (nSPS) is 12.0. The minimum absolute atomic E-state index is 0. The molecule has 0 rings (SSSR count). The summed E-state index contributed by atoms with van der Waals surface area (Å²) in [6.45, 7) is 16.1. The van der Waals surface area contributed by atoms with Gasteiger partial charge in [-0.2, -0.15) is 0 Å². The van der Waals surface area contributed by atoms with E-state index in [9.17, 15) is 0 Å². The van der Waals surface area contributed by atoms with Crippen LogP contribution in [0.5, 0.6) is 0 Å². The van der Waals surface area contributed by atoms with Crippen molar-refractivity contribution in [3.8, 4) is 0 Å². The zero-order chi connectivity index (χ0) is 14.1. The van der Waals surface area contributed by atoms with Crippen molar-refractivity contribution in [3.05, 3.63) is 0 Å². The van der Waals surface area contributed by atoms with Gasteiger partial charge in [-0.3, -0.25) is 0 Å². The Kier molecular flexibility index (Phi) is 39.1. The Morgan fingerprint density at radius 1 is 0.722 bits per heavy atom. The first kappa shape index (κ1) is 26.9. The molecule has 4 nitrogen and oxygen atoms in total. The van der Waals surface area contributed by atoms with Crippen LogP contribution >= 0.6 is 0 Å². The van der Waals surface area contributed by atoms with E-state index < -0.39 is 0 Å². The molecule has 0 aromatic heterocycles. The van der Waals surface area contributed by atoms with Gasteiger partial charge in [-0.15, -0.1) is 0 Å². The topological polar surface area (TPSA) is 64.5 Å². The molecule has 0 aliphatic rings. The van der Waals surface area contributed by atoms with Gasteiger partial charge in [-0.05, 0) is 46.4 Å². The predicted octanol–water partition coefficient (Wildman–Crippen LogP) is 1.37. The number of aliphatic hydroxyl groups is 2. The second kappa shape index (κ2) is 26.1. The minimum atomic E-state index is -0.375. The van der Waals surface area contributed by atoms with E-state index in [0.29, 0.717) is 6.42 Å². The molecule has 0 aliphatic carbocycles. The molecule has 0 aromatic carbocycles. The predicted molar refractivity (Wildman–Crippen MR) is 76.4 cm³/mol. The quantitative estimate of drug-likeness (QED) is 0.543. The van der Waals surface area contributed by atoms with Crippen molar-refractivity contribution in [1.29, 1.82) is 0 Å². The van der Waals surface area contributed by atoms with Crippen molar-refractivity contribution in [1.82, 2.24) is 10.6 Å². The summed E-state index contributed by atoms with van der Waals surface area (Å²) < 4.78 is 0. The van der Waals surface area contributed by atoms with E-state index in [-0.39, 0.29) is 32.6 Å². The number of rotatable bonds is 6. The van der Waals surface area contributed by atoms with Crippen molar-refractivity contribution in [3.63, 3.8) is 0 Å². The molecule has 0 spiro atoms. The van der Waals surface area contributed by atoms with Crippen LogP contribution in [-0.2, 0) is 20.4 Å². The molecular formula is C13H34N2O2Pd. The number of aliphatic hydroxyl groups excluding tert-OH is 2. The van der Waals surface area contributed by atoms with Crippen LogP contribution in [0.4, 0.5) is 0 Å². The maximum Gasteiger partial charge on any atom is 0.0536 e. The van der Waals surface area contributed by atoms with Gasteiger partial charge in [0.15, 0.2) is 0 Å². The summed E-state index contributed by atoms with van der Waals surface area (Å²) in [6, 6.07) is 0. The van der Waals surface area contributed by atoms with Crippen molar-refractivity contribution in [2.75, 3.05) is 26.2 Å². The zero-order valence-electron chi connectivity index (χ0n) is 12.9. The van der Waals surface area contributed by atoms with Crippen LogP contribution in [-0.4, -0.2) is 48.6 Å². The maximum atomic E-state index is 8.56. The van der Waals surface area contributed by atoms with Crippen LogP contribution in [0, 0.1) is 0 Å². The van der Waals surface area contributed by atoms with E-state index in [4.69, 9.17) is 10.2 Å². The fourth-order valence-electron chi connectivity index (χ4n) is 0.994. The molecule has 18 heavy (non-hydrogen) atoms. The molecule has 0 aliphatic heterocycles. The Balaban J connectivity index is -0.0000000813. The zero-order valence-corrected chi connectivity index (χ0v) is 14.5. The molecule has 0 fully saturated rings. The van der Waals surface area contributed by atoms with E-state index in [0.717, 1.165) is 26.2 Å². The summed E-state index contributed by atoms with van der Waals surface area (Å²) in [6.07, 6.45) is -0.278. The summed E-state index contributed by atoms with van der Waals surface area (Å²) in [5.41, 5.74) is 0. The Morgan fingerprint density at radius 2 is 0.944 bits per heavy atom. The molecule has 2 unspecified atom stereocenters. The third-order valence-electron chi connectivity index (χ3n) is 1.68. The fraction of sp³-hybridized carbons (Fsp3) is 1.00. The van der Waals surface area contributed by atoms with Gasteiger partial charge in [0.2, 0.25) is 0 Å². The molecule has 2 atom stereocenters. The summed E-state index contributed by atoms with van der Waals surface area (Å²) in [4.78, 5) is 0. The summed E-state index contributed by atoms with van der Waals surface area (Å²) in [5.74, 6) is 0. The van der Waals surface area contributed by atoms with Crippen LogP contribution in [0.3, 0.4) is 0 Å². The molecule has 0 amide bonds. The van der Waals surface area contributed by atoms with Crippen LogP contribution in [0.25, 0.3) is 0 Å². The standard InChI is InChI=1S/C5H12O2.2C4H11N.Pd/c1-4(6)3-5(2)7;2*1-3-5-4-2;/h4-7H,3H2,1-2H3;2*5H,3-4H2,1-2H3;. The van der Waals surface area contributed by atoms with E-state index in [1.54, 1.807) is 13.8 Å². The first-order chi connectivity index (χ1) is 7.95. The van der Waals surface area contributed by atoms with Gasteiger partial charge in [0.25, 0.3) is 0 Å². The van der Waals surface area contributed by atoms with E-state index >= 15 is 0 Å². The fourth-order valence-corrected chi connectivity index (χ4v) is 0.994. The number of hydrogen-bond acceptors (Lipinski definition) is 4. The van der Waals surface area contributed by atoms with Crippen molar-refractivity contribution in [2.24, 2.45) is 0 Å². The molecule has 0 bridgehead atoms. The molecular weight excluding hydrogens is 323 g/mol. The van der Waals surface area contributed by atoms with Gasteiger partial charge in [0.1, 0.15) is 0 Å². The van der Waals surface area contributed by atoms with Gasteiger partial charge >= 0.3 is 0 Å². The third-order valence-corrected chi connectivity index (χ3v) is 1.68. The van der Waals surface area contributed by atoms with Gasteiger partial charge in [-0.1, -0.05) is 27.7 Å². The van der Waals surface area contributed by atoms with Gasteiger partial charge in [0, 0.05) is 20.4 Å². The first-order valence-electron chi connectivity index (χ1n) is 6.73. The van der Waals surface area contributed by atoms with Crippen molar-refractivity contribution in [2.45, 2.75) is 60.2 Å². The molecule has 118 valence electrons. The van der Waals surface area contributed by atoms with Crippen LogP contribution in [0.15, 0.2) is 0 Å². The van der Waals surface area contributed by atoms with Crippen LogP contribution < -0.4 is 10.6 Å². The first-order valence-corrected chi connectivity index (χ1v) is 6.73. The Hall–Kier alpha value is 0.502.